The van der Waals surface area contributed by atoms with Gasteiger partial charge in [0.15, 0.2) is 0 Å². The smallest absolute Gasteiger partial charge is 0.0336 e. The molecule has 1 aliphatic carbocycles. The number of rotatable bonds is 2. The molecule has 1 saturated carbocycles. The molecule has 74 valence electrons. The zero-order valence-corrected chi connectivity index (χ0v) is 9.37. The van der Waals surface area contributed by atoms with E-state index in [0.29, 0.717) is 5.38 Å². The quantitative estimate of drug-likeness (QED) is 0.551. The van der Waals surface area contributed by atoms with Crippen LogP contribution in [-0.4, -0.2) is 5.38 Å². The molecule has 0 aliphatic heterocycles. The minimum absolute atomic E-state index is 0.508. The zero-order chi connectivity index (χ0) is 9.23. The molecular formula is C11H23Cl. The number of unbranched alkanes of at least 4 members (excludes halogenated alkanes) is 2. The Labute approximate surface area is 82.7 Å². The second-order valence-electron chi connectivity index (χ2n) is 3.59. The van der Waals surface area contributed by atoms with Crippen molar-refractivity contribution in [3.63, 3.8) is 0 Å². The molecule has 0 aromatic rings. The van der Waals surface area contributed by atoms with Gasteiger partial charge in [0.25, 0.3) is 0 Å². The van der Waals surface area contributed by atoms with Crippen molar-refractivity contribution >= 4 is 11.6 Å². The van der Waals surface area contributed by atoms with E-state index in [0.717, 1.165) is 0 Å². The van der Waals surface area contributed by atoms with Crippen LogP contribution in [0.4, 0.5) is 0 Å². The lowest BCUT2D eigenvalue weighted by atomic mass is 10.0. The van der Waals surface area contributed by atoms with E-state index in [9.17, 15) is 0 Å². The van der Waals surface area contributed by atoms with Crippen LogP contribution in [0.2, 0.25) is 0 Å². The summed E-state index contributed by atoms with van der Waals surface area (Å²) >= 11 is 5.82. The van der Waals surface area contributed by atoms with Gasteiger partial charge in [0.2, 0.25) is 0 Å². The minimum Gasteiger partial charge on any atom is -0.123 e. The molecule has 0 unspecified atom stereocenters. The lowest BCUT2D eigenvalue weighted by Crippen LogP contribution is -2.03. The van der Waals surface area contributed by atoms with Crippen molar-refractivity contribution in [1.29, 1.82) is 0 Å². The molecule has 0 amide bonds. The molecule has 0 radical (unpaired) electrons. The molecule has 0 bridgehead atoms. The third kappa shape index (κ3) is 8.39. The Kier molecular flexibility index (Phi) is 9.61. The fourth-order valence-corrected chi connectivity index (χ4v) is 1.71. The van der Waals surface area contributed by atoms with Gasteiger partial charge in [-0.15, -0.1) is 11.6 Å². The summed E-state index contributed by atoms with van der Waals surface area (Å²) in [5.41, 5.74) is 0. The highest BCUT2D eigenvalue weighted by molar-refractivity contribution is 6.20. The van der Waals surface area contributed by atoms with Gasteiger partial charge < -0.3 is 0 Å². The van der Waals surface area contributed by atoms with Gasteiger partial charge in [-0.25, -0.2) is 0 Å². The van der Waals surface area contributed by atoms with Gasteiger partial charge in [-0.1, -0.05) is 52.4 Å². The first-order valence-corrected chi connectivity index (χ1v) is 5.89. The van der Waals surface area contributed by atoms with Crippen molar-refractivity contribution in [3.05, 3.63) is 0 Å². The van der Waals surface area contributed by atoms with E-state index in [4.69, 9.17) is 11.6 Å². The molecule has 0 nitrogen and oxygen atoms in total. The summed E-state index contributed by atoms with van der Waals surface area (Å²) in [5, 5.41) is 0.508. The zero-order valence-electron chi connectivity index (χ0n) is 8.61. The van der Waals surface area contributed by atoms with E-state index in [1.807, 2.05) is 0 Å². The molecule has 0 heterocycles. The van der Waals surface area contributed by atoms with E-state index in [-0.39, 0.29) is 0 Å². The van der Waals surface area contributed by atoms with Crippen LogP contribution in [0.25, 0.3) is 0 Å². The van der Waals surface area contributed by atoms with E-state index in [1.165, 1.54) is 51.4 Å². The monoisotopic (exact) mass is 190 g/mol. The molecule has 0 saturated heterocycles. The Bertz CT molecular complexity index is 73.1. The van der Waals surface area contributed by atoms with E-state index in [2.05, 4.69) is 13.8 Å². The summed E-state index contributed by atoms with van der Waals surface area (Å²) in [7, 11) is 0. The maximum Gasteiger partial charge on any atom is 0.0336 e. The van der Waals surface area contributed by atoms with Gasteiger partial charge in [-0.05, 0) is 12.8 Å². The lowest BCUT2D eigenvalue weighted by molar-refractivity contribution is 0.511. The predicted molar refractivity (Wildman–Crippen MR) is 57.9 cm³/mol. The summed E-state index contributed by atoms with van der Waals surface area (Å²) in [5.74, 6) is 0. The summed E-state index contributed by atoms with van der Waals surface area (Å²) in [4.78, 5) is 0. The predicted octanol–water partition coefficient (Wildman–Crippen LogP) is 4.75. The maximum atomic E-state index is 5.82. The van der Waals surface area contributed by atoms with Gasteiger partial charge in [0, 0.05) is 5.38 Å². The first-order chi connectivity index (χ1) is 5.81. The number of hydrogen-bond donors (Lipinski definition) is 0. The van der Waals surface area contributed by atoms with Crippen molar-refractivity contribution in [2.45, 2.75) is 70.6 Å². The van der Waals surface area contributed by atoms with Crippen LogP contribution in [0.15, 0.2) is 0 Å². The van der Waals surface area contributed by atoms with E-state index >= 15 is 0 Å². The van der Waals surface area contributed by atoms with Crippen LogP contribution < -0.4 is 0 Å². The van der Waals surface area contributed by atoms with Crippen LogP contribution in [0.5, 0.6) is 0 Å². The average molecular weight is 191 g/mol. The van der Waals surface area contributed by atoms with Crippen molar-refractivity contribution in [2.24, 2.45) is 0 Å². The highest BCUT2D eigenvalue weighted by Crippen LogP contribution is 2.21. The molecule has 12 heavy (non-hydrogen) atoms. The normalized spacial score (nSPS) is 18.2. The summed E-state index contributed by atoms with van der Waals surface area (Å²) in [6.07, 6.45) is 10.7. The first kappa shape index (κ1) is 12.3. The van der Waals surface area contributed by atoms with E-state index < -0.39 is 0 Å². The van der Waals surface area contributed by atoms with E-state index in [1.54, 1.807) is 0 Å². The highest BCUT2D eigenvalue weighted by Gasteiger charge is 2.08. The van der Waals surface area contributed by atoms with Crippen LogP contribution in [-0.2, 0) is 0 Å². The average Bonchev–Trinajstić information content (AvgIpc) is 2.08. The molecule has 0 spiro atoms. The second-order valence-corrected chi connectivity index (χ2v) is 4.21. The first-order valence-electron chi connectivity index (χ1n) is 5.45. The Hall–Kier alpha value is 0.290. The SMILES string of the molecule is CCCCC.ClC1CCCCC1. The van der Waals surface area contributed by atoms with Crippen molar-refractivity contribution in [1.82, 2.24) is 0 Å². The Balaban J connectivity index is 0.000000217. The third-order valence-corrected chi connectivity index (χ3v) is 2.68. The van der Waals surface area contributed by atoms with Gasteiger partial charge in [-0.2, -0.15) is 0 Å². The fraction of sp³-hybridized carbons (Fsp3) is 1.00. The number of halogens is 1. The molecule has 0 aromatic heterocycles. The molecule has 1 fully saturated rings. The minimum atomic E-state index is 0.508. The van der Waals surface area contributed by atoms with Crippen LogP contribution in [0.1, 0.15) is 65.2 Å². The molecule has 1 heteroatoms. The molecule has 0 N–H and O–H groups in total. The van der Waals surface area contributed by atoms with Gasteiger partial charge in [0.1, 0.15) is 0 Å². The van der Waals surface area contributed by atoms with Crippen LogP contribution >= 0.6 is 11.6 Å². The van der Waals surface area contributed by atoms with Crippen molar-refractivity contribution in [3.8, 4) is 0 Å². The molecule has 0 atom stereocenters. The van der Waals surface area contributed by atoms with Gasteiger partial charge >= 0.3 is 0 Å². The molecule has 1 rings (SSSR count). The lowest BCUT2D eigenvalue weighted by Gasteiger charge is -2.13. The summed E-state index contributed by atoms with van der Waals surface area (Å²) in [6, 6.07) is 0. The molecule has 1 aliphatic rings. The Morgan fingerprint density at radius 1 is 1.00 bits per heavy atom. The van der Waals surface area contributed by atoms with Crippen molar-refractivity contribution in [2.75, 3.05) is 0 Å². The standard InChI is InChI=1S/C6H11Cl.C5H12/c7-6-4-2-1-3-5-6;1-3-5-4-2/h6H,1-5H2;3-5H2,1-2H3. The van der Waals surface area contributed by atoms with Gasteiger partial charge in [-0.3, -0.25) is 0 Å². The second kappa shape index (κ2) is 9.38. The van der Waals surface area contributed by atoms with Crippen molar-refractivity contribution < 1.29 is 0 Å². The van der Waals surface area contributed by atoms with Crippen LogP contribution in [0.3, 0.4) is 0 Å². The Morgan fingerprint density at radius 2 is 1.50 bits per heavy atom. The highest BCUT2D eigenvalue weighted by atomic mass is 35.5. The Morgan fingerprint density at radius 3 is 1.67 bits per heavy atom. The summed E-state index contributed by atoms with van der Waals surface area (Å²) in [6.45, 7) is 4.42. The maximum absolute atomic E-state index is 5.82. The summed E-state index contributed by atoms with van der Waals surface area (Å²) < 4.78 is 0. The largest absolute Gasteiger partial charge is 0.123 e. The molecule has 0 aromatic carbocycles. The fourth-order valence-electron chi connectivity index (χ4n) is 1.41. The third-order valence-electron chi connectivity index (χ3n) is 2.24. The topological polar surface area (TPSA) is 0 Å². The van der Waals surface area contributed by atoms with Gasteiger partial charge in [0.05, 0.1) is 0 Å². The van der Waals surface area contributed by atoms with Crippen LogP contribution in [0, 0.1) is 0 Å². The molecular weight excluding hydrogens is 168 g/mol. The number of alkyl halides is 1. The number of hydrogen-bond acceptors (Lipinski definition) is 0.